The van der Waals surface area contributed by atoms with Crippen molar-refractivity contribution in [2.45, 2.75) is 6.54 Å². The Morgan fingerprint density at radius 1 is 1.16 bits per heavy atom. The van der Waals surface area contributed by atoms with Gasteiger partial charge in [0, 0.05) is 22.7 Å². The molecular formula is C15H9ClN2O. The number of halogens is 1. The molecule has 0 bridgehead atoms. The van der Waals surface area contributed by atoms with Gasteiger partial charge in [-0.25, -0.2) is 0 Å². The van der Waals surface area contributed by atoms with E-state index in [0.717, 1.165) is 16.7 Å². The molecule has 0 radical (unpaired) electrons. The molecule has 0 spiro atoms. The fourth-order valence-electron chi connectivity index (χ4n) is 2.31. The Balaban J connectivity index is 2.19. The monoisotopic (exact) mass is 268 g/mol. The van der Waals surface area contributed by atoms with Crippen LogP contribution in [0.2, 0.25) is 5.02 Å². The van der Waals surface area contributed by atoms with Crippen LogP contribution in [-0.2, 0) is 6.54 Å². The summed E-state index contributed by atoms with van der Waals surface area (Å²) < 4.78 is 0. The van der Waals surface area contributed by atoms with E-state index in [4.69, 9.17) is 16.9 Å². The molecule has 0 saturated heterocycles. The van der Waals surface area contributed by atoms with Gasteiger partial charge in [0.15, 0.2) is 0 Å². The third kappa shape index (κ3) is 1.87. The second kappa shape index (κ2) is 4.42. The number of nitrogens with zero attached hydrogens (tertiary/aromatic N) is 1. The van der Waals surface area contributed by atoms with Crippen molar-refractivity contribution in [3.63, 3.8) is 0 Å². The van der Waals surface area contributed by atoms with Gasteiger partial charge < -0.3 is 5.32 Å². The lowest BCUT2D eigenvalue weighted by Gasteiger charge is -2.09. The van der Waals surface area contributed by atoms with E-state index in [1.54, 1.807) is 18.2 Å². The average Bonchev–Trinajstić information content (AvgIpc) is 2.81. The Morgan fingerprint density at radius 3 is 2.68 bits per heavy atom. The van der Waals surface area contributed by atoms with Gasteiger partial charge in [-0.2, -0.15) is 5.26 Å². The second-order valence-corrected chi connectivity index (χ2v) is 4.73. The van der Waals surface area contributed by atoms with Gasteiger partial charge in [0.2, 0.25) is 0 Å². The summed E-state index contributed by atoms with van der Waals surface area (Å²) in [6.45, 7) is 0.515. The van der Waals surface area contributed by atoms with Crippen molar-refractivity contribution in [3.05, 3.63) is 58.1 Å². The summed E-state index contributed by atoms with van der Waals surface area (Å²) in [5.41, 5.74) is 3.95. The minimum absolute atomic E-state index is 0.0541. The zero-order valence-corrected chi connectivity index (χ0v) is 10.7. The van der Waals surface area contributed by atoms with Crippen LogP contribution in [-0.4, -0.2) is 5.91 Å². The third-order valence-electron chi connectivity index (χ3n) is 3.23. The van der Waals surface area contributed by atoms with Crippen molar-refractivity contribution in [1.82, 2.24) is 5.32 Å². The van der Waals surface area contributed by atoms with E-state index in [9.17, 15) is 4.79 Å². The van der Waals surface area contributed by atoms with Gasteiger partial charge in [0.05, 0.1) is 11.6 Å². The minimum atomic E-state index is -0.0541. The lowest BCUT2D eigenvalue weighted by molar-refractivity contribution is 0.0966. The van der Waals surface area contributed by atoms with Crippen LogP contribution in [0.3, 0.4) is 0 Å². The number of fused-ring (bicyclic) bond motifs is 1. The first-order valence-corrected chi connectivity index (χ1v) is 6.18. The zero-order chi connectivity index (χ0) is 13.4. The Morgan fingerprint density at radius 2 is 1.95 bits per heavy atom. The maximum Gasteiger partial charge on any atom is 0.251 e. The van der Waals surface area contributed by atoms with Crippen LogP contribution in [0.5, 0.6) is 0 Å². The molecular weight excluding hydrogens is 260 g/mol. The maximum absolute atomic E-state index is 11.6. The van der Waals surface area contributed by atoms with E-state index in [1.807, 2.05) is 18.2 Å². The molecule has 3 nitrogen and oxygen atoms in total. The molecule has 1 N–H and O–H groups in total. The van der Waals surface area contributed by atoms with Crippen molar-refractivity contribution in [2.75, 3.05) is 0 Å². The second-order valence-electron chi connectivity index (χ2n) is 4.32. The highest BCUT2D eigenvalue weighted by molar-refractivity contribution is 6.33. The lowest BCUT2D eigenvalue weighted by Crippen LogP contribution is -2.12. The summed E-state index contributed by atoms with van der Waals surface area (Å²) in [6, 6.07) is 12.8. The van der Waals surface area contributed by atoms with Gasteiger partial charge in [-0.05, 0) is 29.3 Å². The number of carbonyl (C=O) groups is 1. The molecule has 0 aromatic heterocycles. The molecule has 0 fully saturated rings. The highest BCUT2D eigenvalue weighted by Gasteiger charge is 2.22. The fraction of sp³-hybridized carbons (Fsp3) is 0.0667. The predicted molar refractivity (Wildman–Crippen MR) is 72.8 cm³/mol. The molecule has 1 aliphatic rings. The van der Waals surface area contributed by atoms with E-state index in [2.05, 4.69) is 11.4 Å². The molecule has 4 heteroatoms. The number of nitrogens with one attached hydrogen (secondary N) is 1. The first-order valence-electron chi connectivity index (χ1n) is 5.81. The summed E-state index contributed by atoms with van der Waals surface area (Å²) in [4.78, 5) is 11.6. The van der Waals surface area contributed by atoms with Gasteiger partial charge in [-0.15, -0.1) is 0 Å². The predicted octanol–water partition coefficient (Wildman–Crippen LogP) is 3.12. The molecule has 92 valence electrons. The molecule has 1 amide bonds. The Bertz CT molecular complexity index is 731. The Kier molecular flexibility index (Phi) is 2.73. The number of rotatable bonds is 1. The van der Waals surface area contributed by atoms with Gasteiger partial charge >= 0.3 is 0 Å². The van der Waals surface area contributed by atoms with Gasteiger partial charge in [-0.3, -0.25) is 4.79 Å². The number of hydrogen-bond donors (Lipinski definition) is 1. The standard InChI is InChI=1S/C15H9ClN2O/c16-14-6-9(7-17)4-5-11(14)10-2-1-3-12-13(10)8-18-15(12)19/h1-6H,8H2,(H,18,19). The quantitative estimate of drug-likeness (QED) is 0.864. The van der Waals surface area contributed by atoms with Crippen LogP contribution < -0.4 is 5.32 Å². The zero-order valence-electron chi connectivity index (χ0n) is 9.90. The smallest absolute Gasteiger partial charge is 0.251 e. The molecule has 0 unspecified atom stereocenters. The van der Waals surface area contributed by atoms with Crippen LogP contribution in [0.25, 0.3) is 11.1 Å². The molecule has 2 aromatic carbocycles. The molecule has 0 atom stereocenters. The minimum Gasteiger partial charge on any atom is -0.348 e. The summed E-state index contributed by atoms with van der Waals surface area (Å²) in [5.74, 6) is -0.0541. The molecule has 0 saturated carbocycles. The van der Waals surface area contributed by atoms with E-state index in [0.29, 0.717) is 22.7 Å². The number of carbonyl (C=O) groups excluding carboxylic acids is 1. The largest absolute Gasteiger partial charge is 0.348 e. The van der Waals surface area contributed by atoms with Crippen molar-refractivity contribution >= 4 is 17.5 Å². The summed E-state index contributed by atoms with van der Waals surface area (Å²) in [5, 5.41) is 12.2. The first-order chi connectivity index (χ1) is 9.20. The van der Waals surface area contributed by atoms with Gasteiger partial charge in [0.1, 0.15) is 0 Å². The Hall–Kier alpha value is -2.31. The van der Waals surface area contributed by atoms with Crippen molar-refractivity contribution in [2.24, 2.45) is 0 Å². The maximum atomic E-state index is 11.6. The molecule has 19 heavy (non-hydrogen) atoms. The van der Waals surface area contributed by atoms with Crippen molar-refractivity contribution < 1.29 is 4.79 Å². The first kappa shape index (κ1) is 11.8. The lowest BCUT2D eigenvalue weighted by atomic mass is 9.96. The third-order valence-corrected chi connectivity index (χ3v) is 3.55. The topological polar surface area (TPSA) is 52.9 Å². The van der Waals surface area contributed by atoms with Crippen LogP contribution in [0, 0.1) is 11.3 Å². The van der Waals surface area contributed by atoms with E-state index < -0.39 is 0 Å². The van der Waals surface area contributed by atoms with E-state index in [1.165, 1.54) is 0 Å². The van der Waals surface area contributed by atoms with Crippen LogP contribution in [0.4, 0.5) is 0 Å². The summed E-state index contributed by atoms with van der Waals surface area (Å²) in [7, 11) is 0. The van der Waals surface area contributed by atoms with Crippen molar-refractivity contribution in [1.29, 1.82) is 5.26 Å². The number of hydrogen-bond acceptors (Lipinski definition) is 2. The molecule has 3 rings (SSSR count). The van der Waals surface area contributed by atoms with E-state index >= 15 is 0 Å². The van der Waals surface area contributed by atoms with Crippen LogP contribution in [0.15, 0.2) is 36.4 Å². The van der Waals surface area contributed by atoms with Crippen LogP contribution in [0.1, 0.15) is 21.5 Å². The Labute approximate surface area is 115 Å². The van der Waals surface area contributed by atoms with Crippen molar-refractivity contribution in [3.8, 4) is 17.2 Å². The number of benzene rings is 2. The highest BCUT2D eigenvalue weighted by atomic mass is 35.5. The molecule has 1 heterocycles. The highest BCUT2D eigenvalue weighted by Crippen LogP contribution is 2.34. The summed E-state index contributed by atoms with van der Waals surface area (Å²) >= 11 is 6.22. The molecule has 1 aliphatic heterocycles. The van der Waals surface area contributed by atoms with Crippen LogP contribution >= 0.6 is 11.6 Å². The number of amides is 1. The van der Waals surface area contributed by atoms with Gasteiger partial charge in [-0.1, -0.05) is 29.8 Å². The normalized spacial score (nSPS) is 12.7. The number of nitriles is 1. The fourth-order valence-corrected chi connectivity index (χ4v) is 2.59. The molecule has 0 aliphatic carbocycles. The molecule has 2 aromatic rings. The van der Waals surface area contributed by atoms with E-state index in [-0.39, 0.29) is 5.91 Å². The SMILES string of the molecule is N#Cc1ccc(-c2cccc3c2CNC3=O)c(Cl)c1. The summed E-state index contributed by atoms with van der Waals surface area (Å²) in [6.07, 6.45) is 0. The average molecular weight is 269 g/mol. The van der Waals surface area contributed by atoms with Gasteiger partial charge in [0.25, 0.3) is 5.91 Å².